The Kier molecular flexibility index (Phi) is 10.3. The van der Waals surface area contributed by atoms with Crippen LogP contribution < -0.4 is 5.32 Å². The Bertz CT molecular complexity index is 1080. The molecule has 2 aliphatic rings. The number of piperazine rings is 1. The van der Waals surface area contributed by atoms with Crippen LogP contribution >= 0.6 is 0 Å². The second kappa shape index (κ2) is 14.1. The normalized spacial score (nSPS) is 19.8. The molecule has 39 heavy (non-hydrogen) atoms. The van der Waals surface area contributed by atoms with Crippen LogP contribution in [0.25, 0.3) is 0 Å². The maximum absolute atomic E-state index is 13.8. The van der Waals surface area contributed by atoms with Gasteiger partial charge < -0.3 is 19.9 Å². The lowest BCUT2D eigenvalue weighted by Gasteiger charge is -2.54. The second-order valence-corrected chi connectivity index (χ2v) is 10.2. The zero-order valence-corrected chi connectivity index (χ0v) is 23.1. The van der Waals surface area contributed by atoms with Gasteiger partial charge in [0, 0.05) is 39.8 Å². The molecule has 2 aromatic carbocycles. The first-order valence-corrected chi connectivity index (χ1v) is 14.0. The Morgan fingerprint density at radius 3 is 2.31 bits per heavy atom. The summed E-state index contributed by atoms with van der Waals surface area (Å²) in [6.07, 6.45) is 3.84. The van der Waals surface area contributed by atoms with Gasteiger partial charge in [0.05, 0.1) is 13.1 Å². The third-order valence-electron chi connectivity index (χ3n) is 7.31. The number of urea groups is 1. The quantitative estimate of drug-likeness (QED) is 0.422. The van der Waals surface area contributed by atoms with Crippen molar-refractivity contribution in [1.29, 1.82) is 0 Å². The molecule has 2 aromatic rings. The molecular weight excluding hydrogens is 494 g/mol. The number of nitrogens with one attached hydrogen (secondary N) is 1. The van der Waals surface area contributed by atoms with Gasteiger partial charge in [0.15, 0.2) is 0 Å². The molecule has 0 spiro atoms. The van der Waals surface area contributed by atoms with Crippen LogP contribution in [0.2, 0.25) is 0 Å². The summed E-state index contributed by atoms with van der Waals surface area (Å²) in [7, 11) is 1.74. The van der Waals surface area contributed by atoms with Crippen LogP contribution in [0.5, 0.6) is 0 Å². The number of benzene rings is 2. The largest absolute Gasteiger partial charge is 0.381 e. The van der Waals surface area contributed by atoms with Crippen LogP contribution in [0.3, 0.4) is 0 Å². The van der Waals surface area contributed by atoms with Gasteiger partial charge in [-0.25, -0.2) is 14.8 Å². The van der Waals surface area contributed by atoms with E-state index in [1.807, 2.05) is 60.7 Å². The zero-order valence-electron chi connectivity index (χ0n) is 23.1. The smallest absolute Gasteiger partial charge is 0.334 e. The zero-order chi connectivity index (χ0) is 27.6. The molecule has 9 heteroatoms. The van der Waals surface area contributed by atoms with E-state index in [2.05, 4.69) is 12.2 Å². The first kappa shape index (κ1) is 28.6. The Labute approximate surface area is 231 Å². The van der Waals surface area contributed by atoms with Gasteiger partial charge in [-0.15, -0.1) is 0 Å². The number of carbonyl (C=O) groups excluding carboxylic acids is 3. The predicted molar refractivity (Wildman–Crippen MR) is 149 cm³/mol. The lowest BCUT2D eigenvalue weighted by atomic mass is 9.98. The van der Waals surface area contributed by atoms with E-state index in [1.165, 1.54) is 0 Å². The van der Waals surface area contributed by atoms with Gasteiger partial charge in [0.1, 0.15) is 12.2 Å². The lowest BCUT2D eigenvalue weighted by molar-refractivity contribution is -0.187. The summed E-state index contributed by atoms with van der Waals surface area (Å²) in [6, 6.07) is 18.5. The number of fused-ring (bicyclic) bond motifs is 1. The van der Waals surface area contributed by atoms with Gasteiger partial charge in [0.2, 0.25) is 11.8 Å². The van der Waals surface area contributed by atoms with Gasteiger partial charge in [0.25, 0.3) is 0 Å². The minimum absolute atomic E-state index is 0.0272. The molecule has 2 aliphatic heterocycles. The summed E-state index contributed by atoms with van der Waals surface area (Å²) in [5.41, 5.74) is 1.96. The van der Waals surface area contributed by atoms with Crippen molar-refractivity contribution < 1.29 is 19.1 Å². The maximum Gasteiger partial charge on any atom is 0.334 e. The Hall–Kier alpha value is -3.43. The van der Waals surface area contributed by atoms with E-state index >= 15 is 0 Å². The third-order valence-corrected chi connectivity index (χ3v) is 7.31. The molecule has 0 aromatic heterocycles. The first-order valence-electron chi connectivity index (χ1n) is 14.0. The average molecular weight is 536 g/mol. The second-order valence-electron chi connectivity index (χ2n) is 10.2. The molecule has 2 atom stereocenters. The molecular formula is C30H41N5O4. The van der Waals surface area contributed by atoms with E-state index in [4.69, 9.17) is 4.74 Å². The van der Waals surface area contributed by atoms with E-state index in [0.717, 1.165) is 37.0 Å². The van der Waals surface area contributed by atoms with Crippen molar-refractivity contribution in [2.75, 3.05) is 39.9 Å². The molecule has 0 radical (unpaired) electrons. The monoisotopic (exact) mass is 535 g/mol. The van der Waals surface area contributed by atoms with Crippen molar-refractivity contribution >= 4 is 17.8 Å². The van der Waals surface area contributed by atoms with Crippen LogP contribution in [-0.4, -0.2) is 89.8 Å². The fourth-order valence-corrected chi connectivity index (χ4v) is 5.31. The van der Waals surface area contributed by atoms with Gasteiger partial charge in [-0.3, -0.25) is 9.59 Å². The SMILES string of the molecule is CCCCCOCCCN1CC2N(C(=O)CN(C)N2C(=O)NCc2ccccc2)[C@@H](Cc2ccccc2)C1=O. The fourth-order valence-electron chi connectivity index (χ4n) is 5.31. The average Bonchev–Trinajstić information content (AvgIpc) is 2.94. The number of hydrazine groups is 1. The molecule has 0 saturated carbocycles. The number of nitrogens with zero attached hydrogens (tertiary/aromatic N) is 4. The van der Waals surface area contributed by atoms with Crippen LogP contribution in [0.1, 0.15) is 43.7 Å². The predicted octanol–water partition coefficient (Wildman–Crippen LogP) is 3.26. The van der Waals surface area contributed by atoms with Gasteiger partial charge >= 0.3 is 6.03 Å². The number of hydrogen-bond acceptors (Lipinski definition) is 5. The number of likely N-dealkylation sites (N-methyl/N-ethyl adjacent to an activating group) is 1. The van der Waals surface area contributed by atoms with Crippen LogP contribution in [0.15, 0.2) is 60.7 Å². The molecule has 2 heterocycles. The standard InChI is InChI=1S/C30H41N5O4/c1-3-4-11-18-39-19-12-17-33-22-27-34(26(29(33)37)20-24-13-7-5-8-14-24)28(36)23-32(2)35(27)30(38)31-21-25-15-9-6-10-16-25/h5-10,13-16,26-27H,3-4,11-12,17-23H2,1-2H3,(H,31,38)/t26-,27?/m0/s1. The van der Waals surface area contributed by atoms with Crippen molar-refractivity contribution in [1.82, 2.24) is 25.1 Å². The van der Waals surface area contributed by atoms with Crippen molar-refractivity contribution in [3.63, 3.8) is 0 Å². The molecule has 0 aliphatic carbocycles. The molecule has 2 saturated heterocycles. The van der Waals surface area contributed by atoms with Crippen molar-refractivity contribution in [2.24, 2.45) is 0 Å². The molecule has 4 amide bonds. The molecule has 2 fully saturated rings. The number of unbranched alkanes of at least 4 members (excludes halogenated alkanes) is 2. The molecule has 0 bridgehead atoms. The Balaban J connectivity index is 1.51. The minimum atomic E-state index is -0.678. The highest BCUT2D eigenvalue weighted by molar-refractivity contribution is 5.91. The summed E-state index contributed by atoms with van der Waals surface area (Å²) in [5, 5.41) is 6.26. The Morgan fingerprint density at radius 2 is 1.62 bits per heavy atom. The number of hydrogen-bond donors (Lipinski definition) is 1. The van der Waals surface area contributed by atoms with E-state index in [1.54, 1.807) is 26.9 Å². The van der Waals surface area contributed by atoms with Crippen LogP contribution in [0.4, 0.5) is 4.79 Å². The summed E-state index contributed by atoms with van der Waals surface area (Å²) in [5.74, 6) is -0.230. The van der Waals surface area contributed by atoms with E-state index in [-0.39, 0.29) is 30.9 Å². The summed E-state index contributed by atoms with van der Waals surface area (Å²) in [6.45, 7) is 4.63. The summed E-state index contributed by atoms with van der Waals surface area (Å²) >= 11 is 0. The lowest BCUT2D eigenvalue weighted by Crippen LogP contribution is -2.76. The van der Waals surface area contributed by atoms with Crippen LogP contribution in [0, 0.1) is 0 Å². The van der Waals surface area contributed by atoms with E-state index < -0.39 is 12.2 Å². The molecule has 1 unspecified atom stereocenters. The van der Waals surface area contributed by atoms with Crippen molar-refractivity contribution in [3.8, 4) is 0 Å². The highest BCUT2D eigenvalue weighted by Gasteiger charge is 2.50. The maximum atomic E-state index is 13.8. The molecule has 9 nitrogen and oxygen atoms in total. The molecule has 1 N–H and O–H groups in total. The van der Waals surface area contributed by atoms with Gasteiger partial charge in [-0.1, -0.05) is 80.4 Å². The topological polar surface area (TPSA) is 85.4 Å². The van der Waals surface area contributed by atoms with E-state index in [0.29, 0.717) is 32.5 Å². The minimum Gasteiger partial charge on any atom is -0.381 e. The van der Waals surface area contributed by atoms with Crippen LogP contribution in [-0.2, 0) is 27.3 Å². The fraction of sp³-hybridized carbons (Fsp3) is 0.500. The van der Waals surface area contributed by atoms with Gasteiger partial charge in [-0.2, -0.15) is 0 Å². The number of ether oxygens (including phenoxy) is 1. The van der Waals surface area contributed by atoms with Gasteiger partial charge in [-0.05, 0) is 24.0 Å². The molecule has 210 valence electrons. The first-order chi connectivity index (χ1) is 19.0. The number of amides is 4. The highest BCUT2D eigenvalue weighted by atomic mass is 16.5. The van der Waals surface area contributed by atoms with Crippen molar-refractivity contribution in [2.45, 2.75) is 57.8 Å². The summed E-state index contributed by atoms with van der Waals surface area (Å²) < 4.78 is 5.77. The Morgan fingerprint density at radius 1 is 0.949 bits per heavy atom. The number of carbonyl (C=O) groups is 3. The van der Waals surface area contributed by atoms with Crippen molar-refractivity contribution in [3.05, 3.63) is 71.8 Å². The third kappa shape index (κ3) is 7.36. The highest BCUT2D eigenvalue weighted by Crippen LogP contribution is 2.28. The summed E-state index contributed by atoms with van der Waals surface area (Å²) in [4.78, 5) is 44.1. The van der Waals surface area contributed by atoms with E-state index in [9.17, 15) is 14.4 Å². The molecule has 4 rings (SSSR count). The number of rotatable bonds is 12.